The van der Waals surface area contributed by atoms with Crippen LogP contribution in [0.15, 0.2) is 54.6 Å². The number of nitrogens with zero attached hydrogens (tertiary/aromatic N) is 1. The maximum atomic E-state index is 12.6. The van der Waals surface area contributed by atoms with Crippen LogP contribution in [0, 0.1) is 0 Å². The molecule has 0 aliphatic rings. The highest BCUT2D eigenvalue weighted by Crippen LogP contribution is 2.24. The average molecular weight is 268 g/mol. The van der Waals surface area contributed by atoms with E-state index >= 15 is 0 Å². The van der Waals surface area contributed by atoms with E-state index in [9.17, 15) is 4.79 Å². The fourth-order valence-electron chi connectivity index (χ4n) is 2.09. The first-order valence-electron chi connectivity index (χ1n) is 6.77. The Hall–Kier alpha value is -2.13. The fourth-order valence-corrected chi connectivity index (χ4v) is 2.09. The minimum atomic E-state index is 0.00223. The van der Waals surface area contributed by atoms with Crippen molar-refractivity contribution in [3.05, 3.63) is 60.2 Å². The molecule has 0 radical (unpaired) electrons. The van der Waals surface area contributed by atoms with Crippen LogP contribution in [0.25, 0.3) is 11.1 Å². The summed E-state index contributed by atoms with van der Waals surface area (Å²) in [5, 5.41) is 0. The van der Waals surface area contributed by atoms with E-state index < -0.39 is 0 Å². The summed E-state index contributed by atoms with van der Waals surface area (Å²) in [6.45, 7) is 2.40. The molecular weight excluding hydrogens is 248 g/mol. The van der Waals surface area contributed by atoms with Gasteiger partial charge in [0.25, 0.3) is 5.91 Å². The van der Waals surface area contributed by atoms with Gasteiger partial charge in [-0.05, 0) is 24.1 Å². The number of amides is 1. The minimum Gasteiger partial charge on any atom is -0.338 e. The molecule has 3 heteroatoms. The van der Waals surface area contributed by atoms with Gasteiger partial charge in [-0.15, -0.1) is 0 Å². The van der Waals surface area contributed by atoms with Gasteiger partial charge in [-0.3, -0.25) is 4.79 Å². The molecule has 1 unspecified atom stereocenters. The van der Waals surface area contributed by atoms with E-state index in [0.717, 1.165) is 11.1 Å². The summed E-state index contributed by atoms with van der Waals surface area (Å²) in [5.74, 6) is 0.00223. The van der Waals surface area contributed by atoms with E-state index in [1.54, 1.807) is 11.9 Å². The number of carbonyl (C=O) groups is 1. The van der Waals surface area contributed by atoms with Gasteiger partial charge in [-0.1, -0.05) is 48.5 Å². The van der Waals surface area contributed by atoms with Gasteiger partial charge >= 0.3 is 0 Å². The van der Waals surface area contributed by atoms with Gasteiger partial charge in [0, 0.05) is 25.2 Å². The first kappa shape index (κ1) is 14.3. The van der Waals surface area contributed by atoms with Crippen LogP contribution in [0.5, 0.6) is 0 Å². The fraction of sp³-hybridized carbons (Fsp3) is 0.235. The molecule has 1 atom stereocenters. The summed E-state index contributed by atoms with van der Waals surface area (Å²) in [6, 6.07) is 17.6. The topological polar surface area (TPSA) is 46.3 Å². The van der Waals surface area contributed by atoms with Crippen LogP contribution in [0.4, 0.5) is 0 Å². The first-order chi connectivity index (χ1) is 9.65. The van der Waals surface area contributed by atoms with Crippen molar-refractivity contribution in [2.24, 2.45) is 5.73 Å². The molecule has 2 N–H and O–H groups in total. The Bertz CT molecular complexity index is 581. The van der Waals surface area contributed by atoms with E-state index in [1.165, 1.54) is 0 Å². The molecule has 0 bridgehead atoms. The van der Waals surface area contributed by atoms with Crippen LogP contribution in [0.1, 0.15) is 17.3 Å². The lowest BCUT2D eigenvalue weighted by Gasteiger charge is -2.24. The molecule has 0 aromatic heterocycles. The zero-order valence-electron chi connectivity index (χ0n) is 11.9. The standard InChI is InChI=1S/C17H20N2O/c1-13(12-18)19(2)17(20)16-11-7-6-10-15(16)14-8-4-3-5-9-14/h3-11,13H,12,18H2,1-2H3. The van der Waals surface area contributed by atoms with Crippen molar-refractivity contribution >= 4 is 5.91 Å². The molecule has 0 heterocycles. The third-order valence-corrected chi connectivity index (χ3v) is 3.56. The normalized spacial score (nSPS) is 11.9. The van der Waals surface area contributed by atoms with E-state index in [0.29, 0.717) is 12.1 Å². The van der Waals surface area contributed by atoms with Crippen molar-refractivity contribution in [3.63, 3.8) is 0 Å². The number of hydrogen-bond acceptors (Lipinski definition) is 2. The Morgan fingerprint density at radius 1 is 1.10 bits per heavy atom. The van der Waals surface area contributed by atoms with E-state index in [1.807, 2.05) is 61.5 Å². The zero-order valence-corrected chi connectivity index (χ0v) is 11.9. The molecule has 0 spiro atoms. The van der Waals surface area contributed by atoms with Gasteiger partial charge in [-0.2, -0.15) is 0 Å². The van der Waals surface area contributed by atoms with Crippen molar-refractivity contribution in [3.8, 4) is 11.1 Å². The molecule has 1 amide bonds. The molecule has 2 aromatic carbocycles. The van der Waals surface area contributed by atoms with Gasteiger partial charge in [0.05, 0.1) is 0 Å². The van der Waals surface area contributed by atoms with Crippen LogP contribution in [-0.4, -0.2) is 30.4 Å². The van der Waals surface area contributed by atoms with Gasteiger partial charge in [0.1, 0.15) is 0 Å². The highest BCUT2D eigenvalue weighted by atomic mass is 16.2. The predicted molar refractivity (Wildman–Crippen MR) is 82.5 cm³/mol. The van der Waals surface area contributed by atoms with E-state index in [2.05, 4.69) is 0 Å². The van der Waals surface area contributed by atoms with Crippen molar-refractivity contribution in [1.82, 2.24) is 4.90 Å². The summed E-state index contributed by atoms with van der Waals surface area (Å²) in [4.78, 5) is 14.3. The summed E-state index contributed by atoms with van der Waals surface area (Å²) in [7, 11) is 1.79. The number of likely N-dealkylation sites (N-methyl/N-ethyl adjacent to an activating group) is 1. The van der Waals surface area contributed by atoms with Crippen LogP contribution in [-0.2, 0) is 0 Å². The number of rotatable bonds is 4. The Balaban J connectivity index is 2.41. The van der Waals surface area contributed by atoms with E-state index in [4.69, 9.17) is 5.73 Å². The predicted octanol–water partition coefficient (Wildman–Crippen LogP) is 2.77. The molecule has 0 aliphatic heterocycles. The van der Waals surface area contributed by atoms with Crippen LogP contribution < -0.4 is 5.73 Å². The van der Waals surface area contributed by atoms with Crippen molar-refractivity contribution < 1.29 is 4.79 Å². The van der Waals surface area contributed by atoms with Gasteiger partial charge in [-0.25, -0.2) is 0 Å². The quantitative estimate of drug-likeness (QED) is 0.926. The summed E-state index contributed by atoms with van der Waals surface area (Å²) >= 11 is 0. The van der Waals surface area contributed by atoms with Gasteiger partial charge in [0.15, 0.2) is 0 Å². The van der Waals surface area contributed by atoms with Gasteiger partial charge < -0.3 is 10.6 Å². The van der Waals surface area contributed by atoms with Crippen molar-refractivity contribution in [2.45, 2.75) is 13.0 Å². The number of hydrogen-bond donors (Lipinski definition) is 1. The highest BCUT2D eigenvalue weighted by Gasteiger charge is 2.19. The average Bonchev–Trinajstić information content (AvgIpc) is 2.53. The zero-order chi connectivity index (χ0) is 14.5. The Morgan fingerprint density at radius 2 is 1.70 bits per heavy atom. The molecule has 3 nitrogen and oxygen atoms in total. The highest BCUT2D eigenvalue weighted by molar-refractivity contribution is 6.00. The molecule has 0 saturated heterocycles. The third kappa shape index (κ3) is 2.89. The smallest absolute Gasteiger partial charge is 0.254 e. The molecule has 0 aliphatic carbocycles. The largest absolute Gasteiger partial charge is 0.338 e. The number of benzene rings is 2. The van der Waals surface area contributed by atoms with Crippen molar-refractivity contribution in [2.75, 3.05) is 13.6 Å². The lowest BCUT2D eigenvalue weighted by molar-refractivity contribution is 0.0749. The molecule has 0 saturated carbocycles. The summed E-state index contributed by atoms with van der Waals surface area (Å²) < 4.78 is 0. The molecule has 0 fully saturated rings. The van der Waals surface area contributed by atoms with Gasteiger partial charge in [0.2, 0.25) is 0 Å². The molecule has 20 heavy (non-hydrogen) atoms. The summed E-state index contributed by atoms with van der Waals surface area (Å²) in [6.07, 6.45) is 0. The second-order valence-electron chi connectivity index (χ2n) is 4.91. The van der Waals surface area contributed by atoms with E-state index in [-0.39, 0.29) is 11.9 Å². The number of carbonyl (C=O) groups excluding carboxylic acids is 1. The molecule has 2 aromatic rings. The summed E-state index contributed by atoms with van der Waals surface area (Å²) in [5.41, 5.74) is 8.35. The maximum absolute atomic E-state index is 12.6. The lowest BCUT2D eigenvalue weighted by Crippen LogP contribution is -2.39. The molecule has 2 rings (SSSR count). The Morgan fingerprint density at radius 3 is 2.35 bits per heavy atom. The Kier molecular flexibility index (Phi) is 4.53. The molecular formula is C17H20N2O. The second-order valence-corrected chi connectivity index (χ2v) is 4.91. The third-order valence-electron chi connectivity index (χ3n) is 3.56. The van der Waals surface area contributed by atoms with Crippen LogP contribution in [0.3, 0.4) is 0 Å². The second kappa shape index (κ2) is 6.35. The van der Waals surface area contributed by atoms with Crippen LogP contribution in [0.2, 0.25) is 0 Å². The lowest BCUT2D eigenvalue weighted by atomic mass is 9.98. The monoisotopic (exact) mass is 268 g/mol. The first-order valence-corrected chi connectivity index (χ1v) is 6.77. The van der Waals surface area contributed by atoms with Crippen molar-refractivity contribution in [1.29, 1.82) is 0 Å². The Labute approximate surface area is 120 Å². The maximum Gasteiger partial charge on any atom is 0.254 e. The number of nitrogens with two attached hydrogens (primary N) is 1. The molecule has 104 valence electrons. The van der Waals surface area contributed by atoms with Crippen LogP contribution >= 0.6 is 0 Å². The minimum absolute atomic E-state index is 0.00223. The SMILES string of the molecule is CC(CN)N(C)C(=O)c1ccccc1-c1ccccc1.